The Balaban J connectivity index is 0.00000200. The topological polar surface area (TPSA) is 63.4 Å². The highest BCUT2D eigenvalue weighted by Crippen LogP contribution is 2.25. The second-order valence-electron chi connectivity index (χ2n) is 4.66. The van der Waals surface area contributed by atoms with Crippen molar-refractivity contribution in [1.29, 1.82) is 0 Å². The minimum Gasteiger partial charge on any atom is -0.330 e. The molecular formula is C12H17ClF2N2O2S. The number of rotatable bonds is 3. The van der Waals surface area contributed by atoms with Crippen molar-refractivity contribution < 1.29 is 17.2 Å². The van der Waals surface area contributed by atoms with Gasteiger partial charge in [0.2, 0.25) is 10.0 Å². The highest BCUT2D eigenvalue weighted by atomic mass is 35.5. The van der Waals surface area contributed by atoms with Crippen LogP contribution >= 0.6 is 12.4 Å². The first kappa shape index (κ1) is 17.3. The van der Waals surface area contributed by atoms with E-state index in [1.54, 1.807) is 0 Å². The number of halogens is 3. The molecule has 0 atom stereocenters. The Hall–Kier alpha value is -0.760. The molecule has 0 saturated carbocycles. The van der Waals surface area contributed by atoms with Gasteiger partial charge in [-0.3, -0.25) is 0 Å². The van der Waals surface area contributed by atoms with Crippen molar-refractivity contribution in [2.75, 3.05) is 19.6 Å². The maximum Gasteiger partial charge on any atom is 0.245 e. The lowest BCUT2D eigenvalue weighted by Gasteiger charge is -2.30. The van der Waals surface area contributed by atoms with Crippen LogP contribution in [-0.4, -0.2) is 32.4 Å². The zero-order valence-electron chi connectivity index (χ0n) is 10.8. The number of sulfonamides is 1. The number of piperidine rings is 1. The molecule has 0 unspecified atom stereocenters. The first-order chi connectivity index (χ1) is 8.95. The molecule has 8 heteroatoms. The first-order valence-electron chi connectivity index (χ1n) is 6.10. The molecule has 0 spiro atoms. The van der Waals surface area contributed by atoms with Crippen molar-refractivity contribution in [1.82, 2.24) is 4.31 Å². The van der Waals surface area contributed by atoms with Gasteiger partial charge in [0.15, 0.2) is 0 Å². The monoisotopic (exact) mass is 326 g/mol. The number of nitrogens with two attached hydrogens (primary N) is 1. The zero-order valence-corrected chi connectivity index (χ0v) is 12.4. The molecule has 1 saturated heterocycles. The molecule has 1 aliphatic heterocycles. The minimum absolute atomic E-state index is 0. The Morgan fingerprint density at radius 3 is 2.35 bits per heavy atom. The van der Waals surface area contributed by atoms with Crippen LogP contribution in [0.25, 0.3) is 0 Å². The van der Waals surface area contributed by atoms with Crippen molar-refractivity contribution in [2.24, 2.45) is 11.7 Å². The van der Waals surface area contributed by atoms with Gasteiger partial charge in [-0.15, -0.1) is 12.4 Å². The lowest BCUT2D eigenvalue weighted by molar-refractivity contribution is 0.278. The van der Waals surface area contributed by atoms with Gasteiger partial charge in [-0.2, -0.15) is 4.31 Å². The predicted octanol–water partition coefficient (Wildman–Crippen LogP) is 1.75. The first-order valence-corrected chi connectivity index (χ1v) is 7.54. The average molecular weight is 327 g/mol. The van der Waals surface area contributed by atoms with Crippen molar-refractivity contribution in [3.63, 3.8) is 0 Å². The largest absolute Gasteiger partial charge is 0.330 e. The van der Waals surface area contributed by atoms with Gasteiger partial charge in [-0.05, 0) is 37.4 Å². The summed E-state index contributed by atoms with van der Waals surface area (Å²) in [6.07, 6.45) is 1.33. The molecule has 2 rings (SSSR count). The number of hydrogen-bond donors (Lipinski definition) is 1. The molecule has 1 fully saturated rings. The molecule has 2 N–H and O–H groups in total. The van der Waals surface area contributed by atoms with Crippen LogP contribution < -0.4 is 5.73 Å². The van der Waals surface area contributed by atoms with Gasteiger partial charge in [0, 0.05) is 19.2 Å². The van der Waals surface area contributed by atoms with E-state index in [9.17, 15) is 17.2 Å². The molecule has 1 aromatic carbocycles. The predicted molar refractivity (Wildman–Crippen MR) is 74.1 cm³/mol. The normalized spacial score (nSPS) is 17.8. The van der Waals surface area contributed by atoms with E-state index in [4.69, 9.17) is 5.73 Å². The quantitative estimate of drug-likeness (QED) is 0.920. The Kier molecular flexibility index (Phi) is 5.88. The molecule has 1 heterocycles. The van der Waals surface area contributed by atoms with Crippen molar-refractivity contribution in [3.8, 4) is 0 Å². The van der Waals surface area contributed by atoms with E-state index in [0.717, 1.165) is 12.1 Å². The average Bonchev–Trinajstić information content (AvgIpc) is 2.38. The standard InChI is InChI=1S/C12H16F2N2O2S.ClH/c13-10-1-2-12(11(14)7-10)19(17,18)16-5-3-9(8-15)4-6-16;/h1-2,7,9H,3-6,8,15H2;1H. The van der Waals surface area contributed by atoms with Crippen molar-refractivity contribution in [3.05, 3.63) is 29.8 Å². The van der Waals surface area contributed by atoms with E-state index in [1.807, 2.05) is 0 Å². The van der Waals surface area contributed by atoms with Crippen LogP contribution in [0.5, 0.6) is 0 Å². The van der Waals surface area contributed by atoms with Gasteiger partial charge >= 0.3 is 0 Å². The Morgan fingerprint density at radius 1 is 1.25 bits per heavy atom. The molecule has 1 aromatic rings. The third kappa shape index (κ3) is 3.46. The maximum atomic E-state index is 13.6. The molecule has 114 valence electrons. The lowest BCUT2D eigenvalue weighted by Crippen LogP contribution is -2.40. The maximum absolute atomic E-state index is 13.6. The van der Waals surface area contributed by atoms with E-state index < -0.39 is 26.6 Å². The molecule has 0 bridgehead atoms. The third-order valence-corrected chi connectivity index (χ3v) is 5.35. The Morgan fingerprint density at radius 2 is 1.85 bits per heavy atom. The zero-order chi connectivity index (χ0) is 14.0. The van der Waals surface area contributed by atoms with Crippen LogP contribution in [0.2, 0.25) is 0 Å². The molecular weight excluding hydrogens is 310 g/mol. The summed E-state index contributed by atoms with van der Waals surface area (Å²) in [5, 5.41) is 0. The Bertz CT molecular complexity index is 561. The number of hydrogen-bond acceptors (Lipinski definition) is 3. The molecule has 0 aromatic heterocycles. The van der Waals surface area contributed by atoms with Crippen LogP contribution in [0.4, 0.5) is 8.78 Å². The lowest BCUT2D eigenvalue weighted by atomic mass is 9.99. The summed E-state index contributed by atoms with van der Waals surface area (Å²) in [6, 6.07) is 2.50. The molecule has 1 aliphatic rings. The summed E-state index contributed by atoms with van der Waals surface area (Å²) >= 11 is 0. The van der Waals surface area contributed by atoms with E-state index in [1.165, 1.54) is 4.31 Å². The molecule has 20 heavy (non-hydrogen) atoms. The van der Waals surface area contributed by atoms with Crippen LogP contribution in [0.1, 0.15) is 12.8 Å². The summed E-state index contributed by atoms with van der Waals surface area (Å²) in [5.74, 6) is -1.54. The summed E-state index contributed by atoms with van der Waals surface area (Å²) in [5.41, 5.74) is 5.54. The highest BCUT2D eigenvalue weighted by Gasteiger charge is 2.30. The van der Waals surface area contributed by atoms with E-state index in [0.29, 0.717) is 44.5 Å². The SMILES string of the molecule is Cl.NCC1CCN(S(=O)(=O)c2ccc(F)cc2F)CC1. The minimum atomic E-state index is -3.89. The highest BCUT2D eigenvalue weighted by molar-refractivity contribution is 7.89. The Labute approximate surface area is 123 Å². The fourth-order valence-electron chi connectivity index (χ4n) is 2.21. The van der Waals surface area contributed by atoms with Gasteiger partial charge in [0.25, 0.3) is 0 Å². The smallest absolute Gasteiger partial charge is 0.245 e. The van der Waals surface area contributed by atoms with Crippen molar-refractivity contribution >= 4 is 22.4 Å². The summed E-state index contributed by atoms with van der Waals surface area (Å²) in [7, 11) is -3.89. The van der Waals surface area contributed by atoms with E-state index >= 15 is 0 Å². The second-order valence-corrected chi connectivity index (χ2v) is 6.56. The van der Waals surface area contributed by atoms with E-state index in [2.05, 4.69) is 0 Å². The summed E-state index contributed by atoms with van der Waals surface area (Å²) < 4.78 is 52.1. The van der Waals surface area contributed by atoms with Gasteiger partial charge in [0.05, 0.1) is 0 Å². The second kappa shape index (κ2) is 6.80. The fraction of sp³-hybridized carbons (Fsp3) is 0.500. The van der Waals surface area contributed by atoms with Crippen molar-refractivity contribution in [2.45, 2.75) is 17.7 Å². The number of nitrogens with zero attached hydrogens (tertiary/aromatic N) is 1. The fourth-order valence-corrected chi connectivity index (χ4v) is 3.72. The van der Waals surface area contributed by atoms with Gasteiger partial charge in [-0.25, -0.2) is 17.2 Å². The molecule has 0 radical (unpaired) electrons. The van der Waals surface area contributed by atoms with Gasteiger partial charge in [0.1, 0.15) is 16.5 Å². The van der Waals surface area contributed by atoms with Gasteiger partial charge < -0.3 is 5.73 Å². The third-order valence-electron chi connectivity index (χ3n) is 3.42. The number of benzene rings is 1. The molecule has 0 amide bonds. The van der Waals surface area contributed by atoms with Gasteiger partial charge in [-0.1, -0.05) is 0 Å². The van der Waals surface area contributed by atoms with Crippen LogP contribution in [0.3, 0.4) is 0 Å². The molecule has 0 aliphatic carbocycles. The van der Waals surface area contributed by atoms with Crippen LogP contribution in [0, 0.1) is 17.6 Å². The van der Waals surface area contributed by atoms with E-state index in [-0.39, 0.29) is 12.4 Å². The van der Waals surface area contributed by atoms with Crippen LogP contribution in [-0.2, 0) is 10.0 Å². The van der Waals surface area contributed by atoms with Crippen LogP contribution in [0.15, 0.2) is 23.1 Å². The summed E-state index contributed by atoms with van der Waals surface area (Å²) in [6.45, 7) is 1.17. The molecule has 4 nitrogen and oxygen atoms in total. The summed E-state index contributed by atoms with van der Waals surface area (Å²) in [4.78, 5) is -0.472.